The normalized spacial score (nSPS) is 14.0. The van der Waals surface area contributed by atoms with Gasteiger partial charge in [-0.25, -0.2) is 0 Å². The van der Waals surface area contributed by atoms with E-state index in [1.807, 2.05) is 18.2 Å². The van der Waals surface area contributed by atoms with Crippen molar-refractivity contribution >= 4 is 39.2 Å². The van der Waals surface area contributed by atoms with Gasteiger partial charge in [-0.05, 0) is 57.8 Å². The van der Waals surface area contributed by atoms with Crippen molar-refractivity contribution in [3.63, 3.8) is 0 Å². The van der Waals surface area contributed by atoms with Crippen molar-refractivity contribution in [3.05, 3.63) is 65.2 Å². The summed E-state index contributed by atoms with van der Waals surface area (Å²) in [5.41, 5.74) is 2.57. The SMILES string of the molecule is Cc1cc2ccc3c(c2c2ccccc12)C=CC(=O)C3=O. The van der Waals surface area contributed by atoms with Crippen LogP contribution in [0, 0.1) is 6.92 Å². The highest BCUT2D eigenvalue weighted by Gasteiger charge is 2.23. The number of benzene rings is 3. The van der Waals surface area contributed by atoms with Crippen molar-refractivity contribution in [2.24, 2.45) is 0 Å². The van der Waals surface area contributed by atoms with Crippen LogP contribution in [-0.2, 0) is 4.79 Å². The second-order valence-electron chi connectivity index (χ2n) is 5.39. The molecule has 0 saturated heterocycles. The molecule has 0 saturated carbocycles. The van der Waals surface area contributed by atoms with E-state index in [1.54, 1.807) is 12.1 Å². The molecule has 0 aliphatic heterocycles. The van der Waals surface area contributed by atoms with Gasteiger partial charge in [-0.1, -0.05) is 36.4 Å². The Morgan fingerprint density at radius 1 is 0.857 bits per heavy atom. The van der Waals surface area contributed by atoms with E-state index >= 15 is 0 Å². The third kappa shape index (κ3) is 1.59. The molecule has 21 heavy (non-hydrogen) atoms. The molecule has 1 aliphatic rings. The zero-order valence-corrected chi connectivity index (χ0v) is 11.5. The molecule has 3 aromatic carbocycles. The molecule has 0 N–H and O–H groups in total. The number of rotatable bonds is 0. The molecule has 2 nitrogen and oxygen atoms in total. The molecule has 1 aliphatic carbocycles. The van der Waals surface area contributed by atoms with Crippen LogP contribution in [0.25, 0.3) is 27.6 Å². The molecule has 0 bridgehead atoms. The largest absolute Gasteiger partial charge is 0.286 e. The van der Waals surface area contributed by atoms with Gasteiger partial charge in [0, 0.05) is 5.56 Å². The first kappa shape index (κ1) is 12.0. The van der Waals surface area contributed by atoms with Crippen LogP contribution in [0.2, 0.25) is 0 Å². The molecule has 0 unspecified atom stereocenters. The van der Waals surface area contributed by atoms with Gasteiger partial charge in [0.2, 0.25) is 11.6 Å². The Labute approximate surface area is 121 Å². The standard InChI is InChI=1S/C19H12O2/c1-11-10-12-6-7-16-15(8-9-17(20)19(16)21)18(12)14-5-3-2-4-13(11)14/h2-10H,1H3. The maximum absolute atomic E-state index is 12.1. The molecule has 0 spiro atoms. The smallest absolute Gasteiger partial charge is 0.233 e. The van der Waals surface area contributed by atoms with Gasteiger partial charge in [0.15, 0.2) is 0 Å². The quantitative estimate of drug-likeness (QED) is 0.456. The van der Waals surface area contributed by atoms with Crippen molar-refractivity contribution in [2.45, 2.75) is 6.92 Å². The van der Waals surface area contributed by atoms with Gasteiger partial charge < -0.3 is 0 Å². The Hall–Kier alpha value is -2.74. The maximum atomic E-state index is 12.1. The third-order valence-corrected chi connectivity index (χ3v) is 4.14. The highest BCUT2D eigenvalue weighted by atomic mass is 16.2. The molecule has 2 heteroatoms. The summed E-state index contributed by atoms with van der Waals surface area (Å²) in [6, 6.07) is 14.0. The van der Waals surface area contributed by atoms with E-state index in [0.29, 0.717) is 5.56 Å². The number of Topliss-reactive ketones (excluding diaryl/α,β-unsaturated/α-hetero) is 1. The molecular formula is C19H12O2. The fourth-order valence-corrected chi connectivity index (χ4v) is 3.15. The number of aryl methyl sites for hydroxylation is 1. The Morgan fingerprint density at radius 3 is 2.43 bits per heavy atom. The lowest BCUT2D eigenvalue weighted by Gasteiger charge is -2.15. The second kappa shape index (κ2) is 4.13. The zero-order valence-electron chi connectivity index (χ0n) is 11.5. The number of fused-ring (bicyclic) bond motifs is 5. The number of hydrogen-bond acceptors (Lipinski definition) is 2. The van der Waals surface area contributed by atoms with Gasteiger partial charge in [-0.2, -0.15) is 0 Å². The highest BCUT2D eigenvalue weighted by molar-refractivity contribution is 6.50. The topological polar surface area (TPSA) is 34.1 Å². The molecule has 0 radical (unpaired) electrons. The minimum absolute atomic E-state index is 0.418. The summed E-state index contributed by atoms with van der Waals surface area (Å²) in [6.07, 6.45) is 3.14. The van der Waals surface area contributed by atoms with Crippen molar-refractivity contribution in [2.75, 3.05) is 0 Å². The molecular weight excluding hydrogens is 260 g/mol. The van der Waals surface area contributed by atoms with E-state index in [2.05, 4.69) is 25.1 Å². The van der Waals surface area contributed by atoms with E-state index in [1.165, 1.54) is 17.0 Å². The van der Waals surface area contributed by atoms with E-state index < -0.39 is 11.6 Å². The van der Waals surface area contributed by atoms with Gasteiger partial charge in [-0.15, -0.1) is 0 Å². The van der Waals surface area contributed by atoms with Crippen molar-refractivity contribution < 1.29 is 9.59 Å². The Bertz CT molecular complexity index is 978. The third-order valence-electron chi connectivity index (χ3n) is 4.14. The summed E-state index contributed by atoms with van der Waals surface area (Å²) in [5, 5.41) is 4.44. The first-order chi connectivity index (χ1) is 10.2. The summed E-state index contributed by atoms with van der Waals surface area (Å²) in [7, 11) is 0. The van der Waals surface area contributed by atoms with Gasteiger partial charge in [0.1, 0.15) is 0 Å². The first-order valence-corrected chi connectivity index (χ1v) is 6.88. The van der Waals surface area contributed by atoms with Gasteiger partial charge >= 0.3 is 0 Å². The molecule has 0 aromatic heterocycles. The van der Waals surface area contributed by atoms with Gasteiger partial charge in [0.05, 0.1) is 0 Å². The summed E-state index contributed by atoms with van der Waals surface area (Å²) >= 11 is 0. The summed E-state index contributed by atoms with van der Waals surface area (Å²) in [5.74, 6) is -0.864. The molecule has 0 amide bonds. The lowest BCUT2D eigenvalue weighted by Crippen LogP contribution is -2.16. The molecule has 0 fully saturated rings. The number of ketones is 2. The zero-order chi connectivity index (χ0) is 14.6. The highest BCUT2D eigenvalue weighted by Crippen LogP contribution is 2.34. The number of hydrogen-bond donors (Lipinski definition) is 0. The summed E-state index contributed by atoms with van der Waals surface area (Å²) < 4.78 is 0. The van der Waals surface area contributed by atoms with Crippen LogP contribution in [-0.4, -0.2) is 11.6 Å². The molecule has 100 valence electrons. The van der Waals surface area contributed by atoms with Gasteiger partial charge in [0.25, 0.3) is 0 Å². The van der Waals surface area contributed by atoms with Crippen LogP contribution in [0.5, 0.6) is 0 Å². The number of allylic oxidation sites excluding steroid dienone is 1. The minimum atomic E-state index is -0.446. The lowest BCUT2D eigenvalue weighted by molar-refractivity contribution is -0.110. The van der Waals surface area contributed by atoms with Crippen LogP contribution in [0.4, 0.5) is 0 Å². The Kier molecular flexibility index (Phi) is 2.36. The second-order valence-corrected chi connectivity index (χ2v) is 5.39. The van der Waals surface area contributed by atoms with E-state index in [0.717, 1.165) is 21.7 Å². The van der Waals surface area contributed by atoms with E-state index in [4.69, 9.17) is 0 Å². The average molecular weight is 272 g/mol. The van der Waals surface area contributed by atoms with Crippen LogP contribution >= 0.6 is 0 Å². The Balaban J connectivity index is 2.26. The van der Waals surface area contributed by atoms with Crippen molar-refractivity contribution in [1.82, 2.24) is 0 Å². The van der Waals surface area contributed by atoms with Gasteiger partial charge in [-0.3, -0.25) is 9.59 Å². The van der Waals surface area contributed by atoms with E-state index in [9.17, 15) is 9.59 Å². The number of carbonyl (C=O) groups is 2. The summed E-state index contributed by atoms with van der Waals surface area (Å²) in [6.45, 7) is 2.09. The molecule has 0 atom stereocenters. The Morgan fingerprint density at radius 2 is 1.62 bits per heavy atom. The molecule has 0 heterocycles. The molecule has 4 rings (SSSR count). The van der Waals surface area contributed by atoms with Crippen LogP contribution in [0.15, 0.2) is 48.5 Å². The van der Waals surface area contributed by atoms with Crippen LogP contribution < -0.4 is 0 Å². The predicted octanol–water partition coefficient (Wildman–Crippen LogP) is 4.08. The van der Waals surface area contributed by atoms with E-state index in [-0.39, 0.29) is 0 Å². The average Bonchev–Trinajstić information content (AvgIpc) is 2.51. The lowest BCUT2D eigenvalue weighted by atomic mass is 9.87. The predicted molar refractivity (Wildman–Crippen MR) is 84.6 cm³/mol. The monoisotopic (exact) mass is 272 g/mol. The van der Waals surface area contributed by atoms with Crippen molar-refractivity contribution in [3.8, 4) is 0 Å². The fourth-order valence-electron chi connectivity index (χ4n) is 3.15. The van der Waals surface area contributed by atoms with Crippen LogP contribution in [0.1, 0.15) is 21.5 Å². The number of carbonyl (C=O) groups excluding carboxylic acids is 2. The summed E-state index contributed by atoms with van der Waals surface area (Å²) in [4.78, 5) is 23.6. The van der Waals surface area contributed by atoms with Crippen LogP contribution in [0.3, 0.4) is 0 Å². The minimum Gasteiger partial charge on any atom is -0.286 e. The molecule has 3 aromatic rings. The first-order valence-electron chi connectivity index (χ1n) is 6.88. The van der Waals surface area contributed by atoms with Crippen molar-refractivity contribution in [1.29, 1.82) is 0 Å². The fraction of sp³-hybridized carbons (Fsp3) is 0.0526. The maximum Gasteiger partial charge on any atom is 0.233 e.